The highest BCUT2D eigenvalue weighted by molar-refractivity contribution is 5.75. The molecule has 0 bridgehead atoms. The van der Waals surface area contributed by atoms with Crippen LogP contribution in [0.4, 0.5) is 0 Å². The largest absolute Gasteiger partial charge is 0.351 e. The van der Waals surface area contributed by atoms with Crippen LogP contribution in [0.2, 0.25) is 0 Å². The number of aromatic nitrogens is 3. The van der Waals surface area contributed by atoms with Crippen LogP contribution in [0.5, 0.6) is 0 Å². The molecule has 1 aliphatic rings. The fourth-order valence-electron chi connectivity index (χ4n) is 3.11. The minimum Gasteiger partial charge on any atom is -0.344 e. The molecular weight excluding hydrogens is 318 g/mol. The Morgan fingerprint density at radius 2 is 2.12 bits per heavy atom. The van der Waals surface area contributed by atoms with Crippen molar-refractivity contribution in [2.24, 2.45) is 0 Å². The molecule has 0 unspecified atom stereocenters. The molecule has 7 nitrogen and oxygen atoms in total. The van der Waals surface area contributed by atoms with Gasteiger partial charge >= 0.3 is 5.69 Å². The zero-order valence-corrected chi connectivity index (χ0v) is 14.8. The van der Waals surface area contributed by atoms with Gasteiger partial charge in [0.15, 0.2) is 0 Å². The molecule has 3 rings (SSSR count). The van der Waals surface area contributed by atoms with Gasteiger partial charge in [-0.3, -0.25) is 4.79 Å². The molecule has 0 aliphatic carbocycles. The first-order valence-corrected chi connectivity index (χ1v) is 8.81. The zero-order valence-electron chi connectivity index (χ0n) is 14.8. The Kier molecular flexibility index (Phi) is 5.33. The van der Waals surface area contributed by atoms with Crippen LogP contribution >= 0.6 is 0 Å². The molecule has 2 aromatic rings. The first-order chi connectivity index (χ1) is 12.1. The quantitative estimate of drug-likeness (QED) is 0.878. The van der Waals surface area contributed by atoms with Crippen LogP contribution < -0.4 is 11.0 Å². The Balaban J connectivity index is 2.02. The number of piperidine rings is 1. The molecule has 134 valence electrons. The van der Waals surface area contributed by atoms with Crippen molar-refractivity contribution in [2.45, 2.75) is 32.2 Å². The van der Waals surface area contributed by atoms with Gasteiger partial charge in [0, 0.05) is 26.1 Å². The molecule has 1 atom stereocenters. The lowest BCUT2D eigenvalue weighted by Crippen LogP contribution is -2.34. The summed E-state index contributed by atoms with van der Waals surface area (Å²) in [6, 6.07) is 9.51. The number of nitrogens with one attached hydrogen (secondary N) is 1. The number of likely N-dealkylation sites (N-methyl/N-ethyl adjacent to an activating group) is 1. The number of hydrogen-bond donors (Lipinski definition) is 1. The van der Waals surface area contributed by atoms with Gasteiger partial charge in [0.1, 0.15) is 12.4 Å². The average molecular weight is 343 g/mol. The second-order valence-electron chi connectivity index (χ2n) is 6.42. The Morgan fingerprint density at radius 3 is 2.76 bits per heavy atom. The summed E-state index contributed by atoms with van der Waals surface area (Å²) in [7, 11) is 1.73. The maximum atomic E-state index is 13.0. The fourth-order valence-corrected chi connectivity index (χ4v) is 3.11. The van der Waals surface area contributed by atoms with Crippen LogP contribution in [0.15, 0.2) is 35.1 Å². The first kappa shape index (κ1) is 17.4. The molecule has 0 saturated carbocycles. The molecule has 1 saturated heterocycles. The third-order valence-corrected chi connectivity index (χ3v) is 4.73. The number of benzene rings is 1. The highest BCUT2D eigenvalue weighted by Crippen LogP contribution is 2.22. The van der Waals surface area contributed by atoms with Gasteiger partial charge in [-0.2, -0.15) is 5.10 Å². The van der Waals surface area contributed by atoms with Crippen LogP contribution in [0, 0.1) is 0 Å². The normalized spacial score (nSPS) is 17.4. The predicted molar refractivity (Wildman–Crippen MR) is 96.0 cm³/mol. The van der Waals surface area contributed by atoms with E-state index in [1.165, 1.54) is 4.68 Å². The summed E-state index contributed by atoms with van der Waals surface area (Å²) in [6.45, 7) is 4.27. The van der Waals surface area contributed by atoms with Gasteiger partial charge in [-0.25, -0.2) is 14.0 Å². The monoisotopic (exact) mass is 343 g/mol. The van der Waals surface area contributed by atoms with Crippen molar-refractivity contribution in [2.75, 3.05) is 26.7 Å². The van der Waals surface area contributed by atoms with E-state index < -0.39 is 0 Å². The van der Waals surface area contributed by atoms with E-state index in [-0.39, 0.29) is 24.1 Å². The number of rotatable bonds is 5. The molecule has 0 spiro atoms. The van der Waals surface area contributed by atoms with Gasteiger partial charge in [-0.1, -0.05) is 18.2 Å². The van der Waals surface area contributed by atoms with E-state index in [1.807, 2.05) is 37.3 Å². The standard InChI is InChI=1S/C18H25N5O2/c1-3-21(2)16(24)13-22-18(25)23(15-9-5-4-6-10-15)17(20-22)14-8-7-11-19-12-14/h4-6,9-10,14,19H,3,7-8,11-13H2,1-2H3/t14-/m1/s1. The third kappa shape index (κ3) is 3.66. The lowest BCUT2D eigenvalue weighted by Gasteiger charge is -2.22. The lowest BCUT2D eigenvalue weighted by atomic mass is 9.99. The highest BCUT2D eigenvalue weighted by atomic mass is 16.2. The van der Waals surface area contributed by atoms with Crippen LogP contribution in [0.3, 0.4) is 0 Å². The van der Waals surface area contributed by atoms with Crippen molar-refractivity contribution in [1.82, 2.24) is 24.6 Å². The third-order valence-electron chi connectivity index (χ3n) is 4.73. The molecule has 1 aromatic heterocycles. The van der Waals surface area contributed by atoms with Crippen LogP contribution in [0.1, 0.15) is 31.5 Å². The van der Waals surface area contributed by atoms with E-state index in [2.05, 4.69) is 10.4 Å². The number of para-hydroxylation sites is 1. The van der Waals surface area contributed by atoms with Crippen molar-refractivity contribution in [3.63, 3.8) is 0 Å². The van der Waals surface area contributed by atoms with E-state index >= 15 is 0 Å². The molecule has 1 aromatic carbocycles. The van der Waals surface area contributed by atoms with Gasteiger partial charge in [-0.15, -0.1) is 0 Å². The van der Waals surface area contributed by atoms with Gasteiger partial charge in [0.25, 0.3) is 0 Å². The topological polar surface area (TPSA) is 72.2 Å². The van der Waals surface area contributed by atoms with Crippen LogP contribution in [-0.2, 0) is 11.3 Å². The first-order valence-electron chi connectivity index (χ1n) is 8.81. The number of nitrogens with zero attached hydrogens (tertiary/aromatic N) is 4. The summed E-state index contributed by atoms with van der Waals surface area (Å²) in [5.41, 5.74) is 0.528. The summed E-state index contributed by atoms with van der Waals surface area (Å²) in [6.07, 6.45) is 2.04. The molecular formula is C18H25N5O2. The van der Waals surface area contributed by atoms with E-state index in [1.54, 1.807) is 16.5 Å². The van der Waals surface area contributed by atoms with E-state index in [4.69, 9.17) is 0 Å². The van der Waals surface area contributed by atoms with Crippen LogP contribution in [-0.4, -0.2) is 51.8 Å². The molecule has 1 fully saturated rings. The molecule has 1 aliphatic heterocycles. The minimum absolute atomic E-state index is 0.0316. The summed E-state index contributed by atoms with van der Waals surface area (Å²) in [4.78, 5) is 26.8. The molecule has 1 amide bonds. The molecule has 0 radical (unpaired) electrons. The second kappa shape index (κ2) is 7.65. The van der Waals surface area contributed by atoms with E-state index in [0.717, 1.165) is 37.4 Å². The van der Waals surface area contributed by atoms with Gasteiger partial charge < -0.3 is 10.2 Å². The van der Waals surface area contributed by atoms with Crippen molar-refractivity contribution >= 4 is 5.91 Å². The Labute approximate surface area is 147 Å². The van der Waals surface area contributed by atoms with Crippen molar-refractivity contribution in [3.05, 3.63) is 46.6 Å². The molecule has 1 N–H and O–H groups in total. The fraction of sp³-hybridized carbons (Fsp3) is 0.500. The van der Waals surface area contributed by atoms with Crippen molar-refractivity contribution in [3.8, 4) is 5.69 Å². The Bertz CT molecular complexity index is 775. The highest BCUT2D eigenvalue weighted by Gasteiger charge is 2.25. The van der Waals surface area contributed by atoms with Crippen LogP contribution in [0.25, 0.3) is 5.69 Å². The maximum absolute atomic E-state index is 13.0. The summed E-state index contributed by atoms with van der Waals surface area (Å²) in [5.74, 6) is 0.785. The van der Waals surface area contributed by atoms with E-state index in [0.29, 0.717) is 6.54 Å². The second-order valence-corrected chi connectivity index (χ2v) is 6.42. The number of carbonyl (C=O) groups excluding carboxylic acids is 1. The Morgan fingerprint density at radius 1 is 1.36 bits per heavy atom. The SMILES string of the molecule is CCN(C)C(=O)Cn1nc([C@@H]2CCCNC2)n(-c2ccccc2)c1=O. The smallest absolute Gasteiger partial charge is 0.344 e. The van der Waals surface area contributed by atoms with Gasteiger partial charge in [0.05, 0.1) is 5.69 Å². The van der Waals surface area contributed by atoms with Gasteiger partial charge in [0.2, 0.25) is 5.91 Å². The number of amides is 1. The Hall–Kier alpha value is -2.41. The summed E-state index contributed by atoms with van der Waals surface area (Å²) in [5, 5.41) is 7.92. The zero-order chi connectivity index (χ0) is 17.8. The lowest BCUT2D eigenvalue weighted by molar-refractivity contribution is -0.130. The molecule has 7 heteroatoms. The van der Waals surface area contributed by atoms with Crippen molar-refractivity contribution in [1.29, 1.82) is 0 Å². The minimum atomic E-state index is -0.260. The van der Waals surface area contributed by atoms with E-state index in [9.17, 15) is 9.59 Å². The predicted octanol–water partition coefficient (Wildman–Crippen LogP) is 0.979. The maximum Gasteiger partial charge on any atom is 0.351 e. The molecule has 25 heavy (non-hydrogen) atoms. The average Bonchev–Trinajstić information content (AvgIpc) is 2.98. The number of hydrogen-bond acceptors (Lipinski definition) is 4. The summed E-state index contributed by atoms with van der Waals surface area (Å²) < 4.78 is 2.95. The van der Waals surface area contributed by atoms with Crippen molar-refractivity contribution < 1.29 is 4.79 Å². The summed E-state index contributed by atoms with van der Waals surface area (Å²) >= 11 is 0. The van der Waals surface area contributed by atoms with Gasteiger partial charge in [-0.05, 0) is 38.4 Å². The molecule has 2 heterocycles. The number of carbonyl (C=O) groups is 1.